The lowest BCUT2D eigenvalue weighted by Gasteiger charge is -2.33. The quantitative estimate of drug-likeness (QED) is 0.752. The second-order valence-corrected chi connectivity index (χ2v) is 5.79. The van der Waals surface area contributed by atoms with Gasteiger partial charge in [0.15, 0.2) is 0 Å². The summed E-state index contributed by atoms with van der Waals surface area (Å²) in [5.74, 6) is -0.0325. The van der Waals surface area contributed by atoms with Crippen molar-refractivity contribution >= 4 is 5.97 Å². The largest absolute Gasteiger partial charge is 0.452 e. The first-order valence-electron chi connectivity index (χ1n) is 6.34. The Balaban J connectivity index is 2.52. The van der Waals surface area contributed by atoms with Crippen LogP contribution in [0.4, 0.5) is 0 Å². The Morgan fingerprint density at radius 1 is 1.22 bits per heavy atom. The number of fused-ring (bicyclic) bond motifs is 1. The average molecular weight is 248 g/mol. The molecule has 1 aromatic carbocycles. The molecule has 0 aromatic heterocycles. The smallest absolute Gasteiger partial charge is 0.345 e. The summed E-state index contributed by atoms with van der Waals surface area (Å²) in [5.41, 5.74) is 2.71. The lowest BCUT2D eigenvalue weighted by molar-refractivity contribution is -0.127. The Kier molecular flexibility index (Phi) is 3.09. The first kappa shape index (κ1) is 12.9. The predicted molar refractivity (Wildman–Crippen MR) is 69.8 cm³/mol. The van der Waals surface area contributed by atoms with Crippen LogP contribution in [0.15, 0.2) is 12.1 Å². The van der Waals surface area contributed by atoms with Gasteiger partial charge in [0.05, 0.1) is 0 Å². The minimum absolute atomic E-state index is 0.281. The number of benzene rings is 1. The zero-order valence-electron chi connectivity index (χ0n) is 11.7. The van der Waals surface area contributed by atoms with E-state index < -0.39 is 5.79 Å². The van der Waals surface area contributed by atoms with Crippen LogP contribution < -0.4 is 4.74 Å². The van der Waals surface area contributed by atoms with E-state index in [0.29, 0.717) is 17.2 Å². The van der Waals surface area contributed by atoms with Crippen molar-refractivity contribution in [2.45, 2.75) is 46.8 Å². The van der Waals surface area contributed by atoms with E-state index in [1.54, 1.807) is 13.8 Å². The summed E-state index contributed by atoms with van der Waals surface area (Å²) in [7, 11) is 0. The number of carbonyl (C=O) groups is 1. The molecule has 18 heavy (non-hydrogen) atoms. The molecule has 1 aromatic rings. The number of carbonyl (C=O) groups excluding carboxylic acids is 1. The van der Waals surface area contributed by atoms with Crippen LogP contribution in [-0.4, -0.2) is 11.8 Å². The number of aryl methyl sites for hydroxylation is 1. The van der Waals surface area contributed by atoms with Crippen molar-refractivity contribution < 1.29 is 14.3 Å². The molecular formula is C15H20O3. The van der Waals surface area contributed by atoms with Crippen molar-refractivity contribution in [3.8, 4) is 5.75 Å². The first-order chi connectivity index (χ1) is 8.28. The first-order valence-corrected chi connectivity index (χ1v) is 6.34. The minimum atomic E-state index is -0.882. The predicted octanol–water partition coefficient (Wildman–Crippen LogP) is 3.48. The second kappa shape index (κ2) is 4.30. The third kappa shape index (κ3) is 2.50. The van der Waals surface area contributed by atoms with Gasteiger partial charge in [-0.25, -0.2) is 4.79 Å². The normalized spacial score (nSPS) is 17.1. The van der Waals surface area contributed by atoms with Crippen molar-refractivity contribution in [1.82, 2.24) is 0 Å². The van der Waals surface area contributed by atoms with E-state index in [-0.39, 0.29) is 5.97 Å². The van der Waals surface area contributed by atoms with Gasteiger partial charge in [-0.3, -0.25) is 0 Å². The van der Waals surface area contributed by atoms with Gasteiger partial charge < -0.3 is 9.47 Å². The van der Waals surface area contributed by atoms with E-state index >= 15 is 0 Å². The maximum atomic E-state index is 12.1. The third-order valence-corrected chi connectivity index (χ3v) is 2.85. The van der Waals surface area contributed by atoms with Crippen LogP contribution in [0, 0.1) is 12.8 Å². The Bertz CT molecular complexity index is 470. The SMILES string of the molecule is Cc1cc(CC(C)C)c2c(c1)OC(C)(C)OC2=O. The maximum Gasteiger partial charge on any atom is 0.345 e. The van der Waals surface area contributed by atoms with Gasteiger partial charge in [0.25, 0.3) is 0 Å². The van der Waals surface area contributed by atoms with E-state index in [1.165, 1.54) is 0 Å². The lowest BCUT2D eigenvalue weighted by atomic mass is 9.95. The molecule has 0 atom stereocenters. The molecule has 1 aliphatic rings. The van der Waals surface area contributed by atoms with Crippen molar-refractivity contribution in [2.24, 2.45) is 5.92 Å². The highest BCUT2D eigenvalue weighted by Gasteiger charge is 2.35. The molecule has 0 bridgehead atoms. The summed E-state index contributed by atoms with van der Waals surface area (Å²) in [4.78, 5) is 12.1. The number of hydrogen-bond acceptors (Lipinski definition) is 3. The van der Waals surface area contributed by atoms with Crippen LogP contribution in [0.5, 0.6) is 5.75 Å². The minimum Gasteiger partial charge on any atom is -0.452 e. The number of esters is 1. The van der Waals surface area contributed by atoms with Gasteiger partial charge in [0.1, 0.15) is 11.3 Å². The summed E-state index contributed by atoms with van der Waals surface area (Å²) in [6, 6.07) is 3.95. The summed E-state index contributed by atoms with van der Waals surface area (Å²) in [5, 5.41) is 0. The van der Waals surface area contributed by atoms with Crippen molar-refractivity contribution in [3.05, 3.63) is 28.8 Å². The molecule has 3 nitrogen and oxygen atoms in total. The fourth-order valence-electron chi connectivity index (χ4n) is 2.30. The van der Waals surface area contributed by atoms with Gasteiger partial charge in [-0.05, 0) is 36.5 Å². The van der Waals surface area contributed by atoms with E-state index in [2.05, 4.69) is 13.8 Å². The molecule has 2 rings (SSSR count). The summed E-state index contributed by atoms with van der Waals surface area (Å²) in [6.07, 6.45) is 0.850. The molecule has 0 spiro atoms. The van der Waals surface area contributed by atoms with Gasteiger partial charge in [0, 0.05) is 13.8 Å². The van der Waals surface area contributed by atoms with Gasteiger partial charge >= 0.3 is 5.97 Å². The molecular weight excluding hydrogens is 228 g/mol. The second-order valence-electron chi connectivity index (χ2n) is 5.79. The molecule has 1 aliphatic heterocycles. The van der Waals surface area contributed by atoms with Gasteiger partial charge in [-0.1, -0.05) is 19.9 Å². The van der Waals surface area contributed by atoms with Crippen LogP contribution in [0.3, 0.4) is 0 Å². The van der Waals surface area contributed by atoms with Crippen LogP contribution in [0.25, 0.3) is 0 Å². The fourth-order valence-corrected chi connectivity index (χ4v) is 2.30. The molecule has 98 valence electrons. The van der Waals surface area contributed by atoms with E-state index in [4.69, 9.17) is 9.47 Å². The standard InChI is InChI=1S/C15H20O3/c1-9(2)6-11-7-10(3)8-12-13(11)14(16)18-15(4,5)17-12/h7-9H,6H2,1-5H3. The lowest BCUT2D eigenvalue weighted by Crippen LogP contribution is -2.39. The summed E-state index contributed by atoms with van der Waals surface area (Å²) >= 11 is 0. The van der Waals surface area contributed by atoms with Gasteiger partial charge in [-0.2, -0.15) is 0 Å². The Hall–Kier alpha value is -1.51. The van der Waals surface area contributed by atoms with Crippen molar-refractivity contribution in [1.29, 1.82) is 0 Å². The molecule has 0 aliphatic carbocycles. The number of rotatable bonds is 2. The fraction of sp³-hybridized carbons (Fsp3) is 0.533. The highest BCUT2D eigenvalue weighted by Crippen LogP contribution is 2.35. The van der Waals surface area contributed by atoms with Crippen LogP contribution in [0.2, 0.25) is 0 Å². The topological polar surface area (TPSA) is 35.5 Å². The zero-order valence-corrected chi connectivity index (χ0v) is 11.7. The molecule has 1 heterocycles. The molecule has 0 amide bonds. The Labute approximate surface area is 108 Å². The molecule has 0 radical (unpaired) electrons. The zero-order chi connectivity index (χ0) is 13.5. The van der Waals surface area contributed by atoms with Crippen molar-refractivity contribution in [2.75, 3.05) is 0 Å². The van der Waals surface area contributed by atoms with Crippen molar-refractivity contribution in [3.63, 3.8) is 0 Å². The third-order valence-electron chi connectivity index (χ3n) is 2.85. The molecule has 3 heteroatoms. The van der Waals surface area contributed by atoms with E-state index in [9.17, 15) is 4.79 Å². The maximum absolute atomic E-state index is 12.1. The van der Waals surface area contributed by atoms with Crippen LogP contribution >= 0.6 is 0 Å². The van der Waals surface area contributed by atoms with E-state index in [1.807, 2.05) is 19.1 Å². The van der Waals surface area contributed by atoms with Gasteiger partial charge in [-0.15, -0.1) is 0 Å². The molecule has 0 N–H and O–H groups in total. The Morgan fingerprint density at radius 3 is 2.50 bits per heavy atom. The molecule has 0 fully saturated rings. The average Bonchev–Trinajstić information content (AvgIpc) is 2.11. The molecule has 0 saturated carbocycles. The van der Waals surface area contributed by atoms with Gasteiger partial charge in [0.2, 0.25) is 5.79 Å². The number of ether oxygens (including phenoxy) is 2. The van der Waals surface area contributed by atoms with E-state index in [0.717, 1.165) is 17.5 Å². The number of hydrogen-bond donors (Lipinski definition) is 0. The van der Waals surface area contributed by atoms with Crippen LogP contribution in [-0.2, 0) is 11.2 Å². The summed E-state index contributed by atoms with van der Waals surface area (Å²) in [6.45, 7) is 9.78. The van der Waals surface area contributed by atoms with Crippen LogP contribution in [0.1, 0.15) is 49.2 Å². The Morgan fingerprint density at radius 2 is 1.89 bits per heavy atom. The highest BCUT2D eigenvalue weighted by molar-refractivity contribution is 5.95. The molecule has 0 saturated heterocycles. The highest BCUT2D eigenvalue weighted by atomic mass is 16.7. The number of cyclic esters (lactones) is 1. The summed E-state index contributed by atoms with van der Waals surface area (Å²) < 4.78 is 11.1. The molecule has 0 unspecified atom stereocenters. The monoisotopic (exact) mass is 248 g/mol.